The smallest absolute Gasteiger partial charge is 0.314 e. The van der Waals surface area contributed by atoms with Crippen molar-refractivity contribution in [3.05, 3.63) is 0 Å². The van der Waals surface area contributed by atoms with Crippen LogP contribution < -0.4 is 4.89 Å². The summed E-state index contributed by atoms with van der Waals surface area (Å²) in [5.41, 5.74) is 0. The van der Waals surface area contributed by atoms with Gasteiger partial charge in [-0.3, -0.25) is 0 Å². The molecule has 0 aliphatic heterocycles. The lowest BCUT2D eigenvalue weighted by atomic mass is 10.4. The quantitative estimate of drug-likeness (QED) is 0.465. The summed E-state index contributed by atoms with van der Waals surface area (Å²) >= 11 is 0. The van der Waals surface area contributed by atoms with Crippen LogP contribution in [-0.2, 0) is 14.0 Å². The maximum absolute atomic E-state index is 10.4. The van der Waals surface area contributed by atoms with Gasteiger partial charge >= 0.3 is 8.03 Å². The molecule has 4 nitrogen and oxygen atoms in total. The molecule has 0 aromatic carbocycles. The Bertz CT molecular complexity index is 142. The second kappa shape index (κ2) is 5.60. The molecule has 0 amide bonds. The van der Waals surface area contributed by atoms with Gasteiger partial charge in [0.25, 0.3) is 0 Å². The Morgan fingerprint density at radius 1 is 1.33 bits per heavy atom. The molecule has 0 heterocycles. The molecule has 0 saturated heterocycles. The van der Waals surface area contributed by atoms with E-state index in [-0.39, 0.29) is 6.16 Å². The number of rotatable bonds is 6. The molecule has 0 spiro atoms. The average Bonchev–Trinajstić information content (AvgIpc) is 1.85. The molecule has 0 saturated carbocycles. The molecule has 0 aliphatic carbocycles. The van der Waals surface area contributed by atoms with Gasteiger partial charge in [0.2, 0.25) is 5.79 Å². The van der Waals surface area contributed by atoms with Gasteiger partial charge in [0.15, 0.2) is 6.16 Å². The van der Waals surface area contributed by atoms with E-state index in [0.717, 1.165) is 0 Å². The minimum absolute atomic E-state index is 0.0932. The maximum Gasteiger partial charge on any atom is 0.314 e. The SMILES string of the molecule is CCOC(C)(C[P+](=O)[O-])OCC. The number of hydrogen-bond acceptors (Lipinski definition) is 4. The summed E-state index contributed by atoms with van der Waals surface area (Å²) in [6.07, 6.45) is -0.0932. The Balaban J connectivity index is 4.07. The Hall–Kier alpha value is -0.0200. The fourth-order valence-electron chi connectivity index (χ4n) is 0.978. The van der Waals surface area contributed by atoms with Gasteiger partial charge in [-0.15, -0.1) is 0 Å². The van der Waals surface area contributed by atoms with Crippen LogP contribution in [0.15, 0.2) is 0 Å². The minimum Gasteiger partial charge on any atom is -0.595 e. The Labute approximate surface area is 73.7 Å². The first-order valence-corrected chi connectivity index (χ1v) is 5.30. The molecule has 0 N–H and O–H groups in total. The third-order valence-corrected chi connectivity index (χ3v) is 2.15. The summed E-state index contributed by atoms with van der Waals surface area (Å²) in [5, 5.41) is 0. The monoisotopic (exact) mass is 194 g/mol. The molecule has 1 atom stereocenters. The Morgan fingerprint density at radius 2 is 1.75 bits per heavy atom. The molecular weight excluding hydrogens is 179 g/mol. The molecular formula is C7H15O4P. The van der Waals surface area contributed by atoms with E-state index in [4.69, 9.17) is 9.47 Å². The highest BCUT2D eigenvalue weighted by atomic mass is 31.1. The second-order valence-electron chi connectivity index (χ2n) is 2.49. The van der Waals surface area contributed by atoms with Crippen LogP contribution >= 0.6 is 8.03 Å². The highest BCUT2D eigenvalue weighted by Crippen LogP contribution is 2.22. The van der Waals surface area contributed by atoms with E-state index in [0.29, 0.717) is 13.2 Å². The molecule has 1 unspecified atom stereocenters. The van der Waals surface area contributed by atoms with Crippen LogP contribution in [0.1, 0.15) is 20.8 Å². The van der Waals surface area contributed by atoms with Crippen molar-refractivity contribution in [1.29, 1.82) is 0 Å². The van der Waals surface area contributed by atoms with Crippen LogP contribution in [0.5, 0.6) is 0 Å². The zero-order chi connectivity index (χ0) is 9.61. The molecule has 0 aromatic heterocycles. The van der Waals surface area contributed by atoms with E-state index in [1.54, 1.807) is 20.8 Å². The second-order valence-corrected chi connectivity index (χ2v) is 3.47. The Morgan fingerprint density at radius 3 is 2.00 bits per heavy atom. The summed E-state index contributed by atoms with van der Waals surface area (Å²) < 4.78 is 20.8. The summed E-state index contributed by atoms with van der Waals surface area (Å²) in [4.78, 5) is 10.4. The lowest BCUT2D eigenvalue weighted by Crippen LogP contribution is -2.36. The van der Waals surface area contributed by atoms with Crippen LogP contribution in [0, 0.1) is 0 Å². The van der Waals surface area contributed by atoms with Crippen molar-refractivity contribution in [3.8, 4) is 0 Å². The normalized spacial score (nSPS) is 13.2. The van der Waals surface area contributed by atoms with Gasteiger partial charge in [0.05, 0.1) is 0 Å². The van der Waals surface area contributed by atoms with Gasteiger partial charge < -0.3 is 14.4 Å². The highest BCUT2D eigenvalue weighted by molar-refractivity contribution is 7.36. The van der Waals surface area contributed by atoms with Crippen molar-refractivity contribution >= 4 is 8.03 Å². The van der Waals surface area contributed by atoms with E-state index in [1.165, 1.54) is 0 Å². The first kappa shape index (κ1) is 12.0. The maximum atomic E-state index is 10.4. The molecule has 0 rings (SSSR count). The first-order valence-electron chi connectivity index (χ1n) is 3.93. The van der Waals surface area contributed by atoms with Gasteiger partial charge in [-0.1, -0.05) is 4.57 Å². The summed E-state index contributed by atoms with van der Waals surface area (Å²) in [6.45, 7) is 6.12. The predicted octanol–water partition coefficient (Wildman–Crippen LogP) is 0.878. The van der Waals surface area contributed by atoms with Crippen molar-refractivity contribution < 1.29 is 18.9 Å². The van der Waals surface area contributed by atoms with E-state index in [2.05, 4.69) is 0 Å². The van der Waals surface area contributed by atoms with Crippen molar-refractivity contribution in [2.24, 2.45) is 0 Å². The lowest BCUT2D eigenvalue weighted by molar-refractivity contribution is -0.216. The van der Waals surface area contributed by atoms with Crippen LogP contribution in [0.3, 0.4) is 0 Å². The van der Waals surface area contributed by atoms with E-state index >= 15 is 0 Å². The van der Waals surface area contributed by atoms with Gasteiger partial charge in [0, 0.05) is 13.2 Å². The van der Waals surface area contributed by atoms with E-state index < -0.39 is 13.8 Å². The van der Waals surface area contributed by atoms with Gasteiger partial charge in [0.1, 0.15) is 0 Å². The standard InChI is InChI=1S/C7H15O4P/c1-4-10-7(3,11-5-2)6-12(8)9/h4-6H2,1-3H3. The first-order chi connectivity index (χ1) is 5.54. The topological polar surface area (TPSA) is 58.6 Å². The molecule has 0 aliphatic rings. The van der Waals surface area contributed by atoms with E-state index in [1.807, 2.05) is 0 Å². The number of hydrogen-bond donors (Lipinski definition) is 0. The van der Waals surface area contributed by atoms with Crippen molar-refractivity contribution in [3.63, 3.8) is 0 Å². The average molecular weight is 194 g/mol. The van der Waals surface area contributed by atoms with Crippen LogP contribution in [-0.4, -0.2) is 25.2 Å². The number of ether oxygens (including phenoxy) is 2. The fourth-order valence-corrected chi connectivity index (χ4v) is 1.63. The minimum atomic E-state index is -2.46. The van der Waals surface area contributed by atoms with Gasteiger partial charge in [-0.2, -0.15) is 0 Å². The van der Waals surface area contributed by atoms with Crippen LogP contribution in [0.4, 0.5) is 0 Å². The molecule has 0 radical (unpaired) electrons. The van der Waals surface area contributed by atoms with Crippen LogP contribution in [0.25, 0.3) is 0 Å². The van der Waals surface area contributed by atoms with Gasteiger partial charge in [-0.25, -0.2) is 0 Å². The van der Waals surface area contributed by atoms with E-state index in [9.17, 15) is 9.46 Å². The van der Waals surface area contributed by atoms with Crippen molar-refractivity contribution in [1.82, 2.24) is 0 Å². The van der Waals surface area contributed by atoms with Crippen molar-refractivity contribution in [2.75, 3.05) is 19.4 Å². The lowest BCUT2D eigenvalue weighted by Gasteiger charge is -2.25. The van der Waals surface area contributed by atoms with Crippen molar-refractivity contribution in [2.45, 2.75) is 26.6 Å². The summed E-state index contributed by atoms with van der Waals surface area (Å²) in [5.74, 6) is -0.974. The molecule has 5 heteroatoms. The molecule has 0 aromatic rings. The van der Waals surface area contributed by atoms with Gasteiger partial charge in [-0.05, 0) is 20.8 Å². The Kier molecular flexibility index (Phi) is 5.59. The molecule has 72 valence electrons. The largest absolute Gasteiger partial charge is 0.595 e. The highest BCUT2D eigenvalue weighted by Gasteiger charge is 2.31. The fraction of sp³-hybridized carbons (Fsp3) is 1.00. The molecule has 12 heavy (non-hydrogen) atoms. The summed E-state index contributed by atoms with van der Waals surface area (Å²) in [7, 11) is -2.46. The predicted molar refractivity (Wildman–Crippen MR) is 44.1 cm³/mol. The van der Waals surface area contributed by atoms with Crippen LogP contribution in [0.2, 0.25) is 0 Å². The zero-order valence-corrected chi connectivity index (χ0v) is 8.60. The summed E-state index contributed by atoms with van der Waals surface area (Å²) in [6, 6.07) is 0. The molecule has 0 bridgehead atoms. The third-order valence-electron chi connectivity index (χ3n) is 1.32. The third kappa shape index (κ3) is 4.78. The zero-order valence-electron chi connectivity index (χ0n) is 7.70. The molecule has 0 fully saturated rings.